The molecule has 2 N–H and O–H groups in total. The highest BCUT2D eigenvalue weighted by molar-refractivity contribution is 5.99. The van der Waals surface area contributed by atoms with Gasteiger partial charge in [-0.3, -0.25) is 9.78 Å². The van der Waals surface area contributed by atoms with E-state index in [-0.39, 0.29) is 42.6 Å². The maximum absolute atomic E-state index is 13.5. The zero-order chi connectivity index (χ0) is 31.4. The number of fused-ring (bicyclic) bond motifs is 1. The quantitative estimate of drug-likeness (QED) is 0.220. The van der Waals surface area contributed by atoms with Gasteiger partial charge in [-0.15, -0.1) is 0 Å². The van der Waals surface area contributed by atoms with Crippen LogP contribution < -0.4 is 10.5 Å². The number of nitrogens with two attached hydrogens (primary N) is 1. The number of carbonyl (C=O) groups is 2. The summed E-state index contributed by atoms with van der Waals surface area (Å²) in [6.07, 6.45) is 8.10. The second-order valence-corrected chi connectivity index (χ2v) is 11.2. The third-order valence-corrected chi connectivity index (χ3v) is 6.61. The maximum atomic E-state index is 13.5. The molecule has 228 valence electrons. The molecule has 5 rings (SSSR count). The minimum absolute atomic E-state index is 0.0329. The number of Topliss-reactive ketones (excluding diaryl/α,β-unsaturated/α-hetero) is 1. The molecule has 0 saturated carbocycles. The highest BCUT2D eigenvalue weighted by Gasteiger charge is 2.23. The molecule has 0 unspecified atom stereocenters. The Morgan fingerprint density at radius 3 is 2.64 bits per heavy atom. The number of nitrogen functional groups attached to an aromatic ring is 1. The second-order valence-electron chi connectivity index (χ2n) is 11.2. The first kappa shape index (κ1) is 30.1. The molecule has 0 aliphatic heterocycles. The number of anilines is 1. The van der Waals surface area contributed by atoms with Crippen LogP contribution >= 0.6 is 0 Å². The SMILES string of the molecule is Cc1cnc2ccc(-c3nc(C(=O)CCc4ncccc4OCCN(C)C(=O)OC(C)(C)C)c(N)nc3-c3ncco3)cn12. The van der Waals surface area contributed by atoms with Crippen molar-refractivity contribution >= 4 is 23.3 Å². The van der Waals surface area contributed by atoms with E-state index in [4.69, 9.17) is 24.6 Å². The largest absolute Gasteiger partial charge is 0.490 e. The number of likely N-dealkylation sites (N-methyl/N-ethyl adjacent to an activating group) is 1. The van der Waals surface area contributed by atoms with E-state index in [1.54, 1.807) is 31.6 Å². The molecule has 5 heterocycles. The number of oxazole rings is 1. The summed E-state index contributed by atoms with van der Waals surface area (Å²) in [5, 5.41) is 0. The Hall–Kier alpha value is -5.33. The third kappa shape index (κ3) is 6.83. The Labute approximate surface area is 254 Å². The average Bonchev–Trinajstić information content (AvgIpc) is 3.65. The topological polar surface area (TPSA) is 164 Å². The number of hydrogen-bond acceptors (Lipinski definition) is 11. The van der Waals surface area contributed by atoms with Gasteiger partial charge in [-0.1, -0.05) is 0 Å². The number of ether oxygens (including phenoxy) is 2. The molecule has 0 aromatic carbocycles. The number of hydrogen-bond donors (Lipinski definition) is 1. The number of aryl methyl sites for hydroxylation is 2. The van der Waals surface area contributed by atoms with Crippen LogP contribution in [0.1, 0.15) is 49.1 Å². The van der Waals surface area contributed by atoms with Gasteiger partial charge in [0.25, 0.3) is 0 Å². The summed E-state index contributed by atoms with van der Waals surface area (Å²) in [5.41, 5.74) is 9.41. The summed E-state index contributed by atoms with van der Waals surface area (Å²) in [4.78, 5) is 49.4. The van der Waals surface area contributed by atoms with Gasteiger partial charge in [0.2, 0.25) is 5.89 Å². The zero-order valence-corrected chi connectivity index (χ0v) is 25.3. The Bertz CT molecular complexity index is 1790. The number of pyridine rings is 2. The summed E-state index contributed by atoms with van der Waals surface area (Å²) >= 11 is 0. The van der Waals surface area contributed by atoms with Crippen LogP contribution in [-0.2, 0) is 11.2 Å². The molecule has 5 aromatic heterocycles. The van der Waals surface area contributed by atoms with E-state index in [0.29, 0.717) is 34.9 Å². The fraction of sp³-hybridized carbons (Fsp3) is 0.323. The number of amides is 1. The van der Waals surface area contributed by atoms with Crippen LogP contribution in [0.15, 0.2) is 59.7 Å². The van der Waals surface area contributed by atoms with Gasteiger partial charge in [-0.25, -0.2) is 24.7 Å². The minimum atomic E-state index is -0.591. The molecule has 1 amide bonds. The van der Waals surface area contributed by atoms with E-state index in [2.05, 4.69) is 19.9 Å². The molecular weight excluding hydrogens is 564 g/mol. The molecule has 0 radical (unpaired) electrons. The molecule has 0 saturated heterocycles. The van der Waals surface area contributed by atoms with Crippen LogP contribution in [0, 0.1) is 6.92 Å². The van der Waals surface area contributed by atoms with Gasteiger partial charge < -0.3 is 28.9 Å². The van der Waals surface area contributed by atoms with Crippen molar-refractivity contribution in [3.05, 3.63) is 72.4 Å². The number of rotatable bonds is 10. The Morgan fingerprint density at radius 1 is 1.07 bits per heavy atom. The molecule has 44 heavy (non-hydrogen) atoms. The van der Waals surface area contributed by atoms with Crippen LogP contribution in [0.3, 0.4) is 0 Å². The average molecular weight is 599 g/mol. The van der Waals surface area contributed by atoms with Crippen molar-refractivity contribution in [1.82, 2.24) is 34.2 Å². The molecule has 0 spiro atoms. The Morgan fingerprint density at radius 2 is 1.89 bits per heavy atom. The first-order valence-electron chi connectivity index (χ1n) is 14.1. The van der Waals surface area contributed by atoms with Crippen molar-refractivity contribution in [1.29, 1.82) is 0 Å². The monoisotopic (exact) mass is 598 g/mol. The molecule has 0 atom stereocenters. The van der Waals surface area contributed by atoms with Gasteiger partial charge >= 0.3 is 6.09 Å². The first-order chi connectivity index (χ1) is 21.0. The predicted octanol–water partition coefficient (Wildman–Crippen LogP) is 4.79. The van der Waals surface area contributed by atoms with Crippen LogP contribution in [0.2, 0.25) is 0 Å². The molecule has 13 heteroatoms. The zero-order valence-electron chi connectivity index (χ0n) is 25.3. The summed E-state index contributed by atoms with van der Waals surface area (Å²) in [5.74, 6) is 0.403. The number of aromatic nitrogens is 6. The molecule has 13 nitrogen and oxygen atoms in total. The second kappa shape index (κ2) is 12.5. The van der Waals surface area contributed by atoms with Crippen molar-refractivity contribution in [3.63, 3.8) is 0 Å². The van der Waals surface area contributed by atoms with E-state index < -0.39 is 11.7 Å². The molecule has 0 aliphatic rings. The minimum Gasteiger partial charge on any atom is -0.490 e. The lowest BCUT2D eigenvalue weighted by atomic mass is 10.1. The van der Waals surface area contributed by atoms with Crippen LogP contribution in [0.5, 0.6) is 5.75 Å². The smallest absolute Gasteiger partial charge is 0.410 e. The number of imidazole rings is 1. The third-order valence-electron chi connectivity index (χ3n) is 6.61. The van der Waals surface area contributed by atoms with Gasteiger partial charge in [-0.05, 0) is 52.0 Å². The lowest BCUT2D eigenvalue weighted by Gasteiger charge is -2.24. The molecule has 5 aromatic rings. The van der Waals surface area contributed by atoms with E-state index in [1.165, 1.54) is 17.4 Å². The fourth-order valence-electron chi connectivity index (χ4n) is 4.40. The van der Waals surface area contributed by atoms with Crippen molar-refractivity contribution in [2.45, 2.75) is 46.1 Å². The highest BCUT2D eigenvalue weighted by Crippen LogP contribution is 2.31. The van der Waals surface area contributed by atoms with Crippen molar-refractivity contribution < 1.29 is 23.5 Å². The number of nitrogens with zero attached hydrogens (tertiary/aromatic N) is 7. The Kier molecular flexibility index (Phi) is 8.56. The molecule has 0 fully saturated rings. The normalized spacial score (nSPS) is 11.5. The van der Waals surface area contributed by atoms with E-state index >= 15 is 0 Å². The number of carbonyl (C=O) groups excluding carboxylic acids is 2. The molecular formula is C31H34N8O5. The van der Waals surface area contributed by atoms with E-state index in [9.17, 15) is 9.59 Å². The summed E-state index contributed by atoms with van der Waals surface area (Å²) in [6, 6.07) is 7.22. The number of ketones is 1. The van der Waals surface area contributed by atoms with Crippen LogP contribution in [0.25, 0.3) is 28.5 Å². The Balaban J connectivity index is 1.33. The van der Waals surface area contributed by atoms with Crippen LogP contribution in [-0.4, -0.2) is 71.9 Å². The highest BCUT2D eigenvalue weighted by atomic mass is 16.6. The summed E-state index contributed by atoms with van der Waals surface area (Å²) in [7, 11) is 1.64. The van der Waals surface area contributed by atoms with Gasteiger partial charge in [0, 0.05) is 49.7 Å². The fourth-order valence-corrected chi connectivity index (χ4v) is 4.40. The molecule has 0 bridgehead atoms. The van der Waals surface area contributed by atoms with Crippen molar-refractivity contribution in [2.75, 3.05) is 25.9 Å². The lowest BCUT2D eigenvalue weighted by Crippen LogP contribution is -2.36. The maximum Gasteiger partial charge on any atom is 0.410 e. The van der Waals surface area contributed by atoms with Crippen molar-refractivity contribution in [2.24, 2.45) is 0 Å². The van der Waals surface area contributed by atoms with Gasteiger partial charge in [0.05, 0.1) is 18.4 Å². The van der Waals surface area contributed by atoms with Gasteiger partial charge in [0.15, 0.2) is 17.3 Å². The summed E-state index contributed by atoms with van der Waals surface area (Å²) < 4.78 is 18.7. The first-order valence-corrected chi connectivity index (χ1v) is 14.1. The van der Waals surface area contributed by atoms with Gasteiger partial charge in [-0.2, -0.15) is 0 Å². The lowest BCUT2D eigenvalue weighted by molar-refractivity contribution is 0.0278. The predicted molar refractivity (Wildman–Crippen MR) is 162 cm³/mol. The van der Waals surface area contributed by atoms with E-state index in [1.807, 2.05) is 50.4 Å². The van der Waals surface area contributed by atoms with Gasteiger partial charge in [0.1, 0.15) is 41.3 Å². The summed E-state index contributed by atoms with van der Waals surface area (Å²) in [6.45, 7) is 7.89. The molecule has 0 aliphatic carbocycles. The van der Waals surface area contributed by atoms with E-state index in [0.717, 1.165) is 11.3 Å². The standard InChI is InChI=1S/C31H34N8O5/c1-19-17-35-24-11-8-20(18-39(19)24)25-27(29-34-13-15-43-29)37-28(32)26(36-25)22(40)10-9-21-23(7-6-12-33-21)42-16-14-38(5)30(41)44-31(2,3)4/h6-8,11-13,15,17-18H,9-10,14,16H2,1-5H3,(H2,32,37). The van der Waals surface area contributed by atoms with Crippen LogP contribution in [0.4, 0.5) is 10.6 Å². The van der Waals surface area contributed by atoms with Crippen molar-refractivity contribution in [3.8, 4) is 28.6 Å².